The van der Waals surface area contributed by atoms with E-state index < -0.39 is 0 Å². The fraction of sp³-hybridized carbons (Fsp3) is 0.375. The Bertz CT molecular complexity index is 625. The maximum atomic E-state index is 12.0. The van der Waals surface area contributed by atoms with Gasteiger partial charge in [-0.3, -0.25) is 4.79 Å². The van der Waals surface area contributed by atoms with E-state index in [4.69, 9.17) is 16.1 Å². The summed E-state index contributed by atoms with van der Waals surface area (Å²) in [6.45, 7) is 5.57. The van der Waals surface area contributed by atoms with Gasteiger partial charge in [0.1, 0.15) is 0 Å². The molecule has 1 aromatic carbocycles. The number of hydrogen-bond acceptors (Lipinski definition) is 4. The molecule has 126 valence electrons. The van der Waals surface area contributed by atoms with E-state index in [0.717, 1.165) is 35.6 Å². The van der Waals surface area contributed by atoms with E-state index in [1.165, 1.54) is 0 Å². The molecule has 0 saturated heterocycles. The van der Waals surface area contributed by atoms with E-state index in [0.29, 0.717) is 12.8 Å². The zero-order valence-electron chi connectivity index (χ0n) is 13.2. The van der Waals surface area contributed by atoms with Crippen LogP contribution in [0.3, 0.4) is 0 Å². The van der Waals surface area contributed by atoms with Crippen molar-refractivity contribution in [1.82, 2.24) is 10.5 Å². The third kappa shape index (κ3) is 5.86. The third-order valence-corrected chi connectivity index (χ3v) is 3.63. The van der Waals surface area contributed by atoms with Crippen LogP contribution in [0.5, 0.6) is 0 Å². The minimum atomic E-state index is -0.0581. The number of aryl methyl sites for hydroxylation is 1. The van der Waals surface area contributed by atoms with Crippen LogP contribution in [0.4, 0.5) is 5.69 Å². The van der Waals surface area contributed by atoms with Crippen LogP contribution in [0.2, 0.25) is 5.22 Å². The van der Waals surface area contributed by atoms with Gasteiger partial charge >= 0.3 is 0 Å². The molecule has 0 saturated carbocycles. The Labute approximate surface area is 147 Å². The molecule has 0 radical (unpaired) electrons. The Kier molecular flexibility index (Phi) is 8.09. The second-order valence-electron chi connectivity index (χ2n) is 5.05. The molecule has 7 heteroatoms. The summed E-state index contributed by atoms with van der Waals surface area (Å²) in [6.07, 6.45) is 0.844. The van der Waals surface area contributed by atoms with Gasteiger partial charge in [0.25, 0.3) is 0 Å². The van der Waals surface area contributed by atoms with E-state index in [-0.39, 0.29) is 23.5 Å². The number of benzene rings is 1. The Morgan fingerprint density at radius 3 is 2.83 bits per heavy atom. The lowest BCUT2D eigenvalue weighted by Crippen LogP contribution is -2.14. The number of nitrogens with zero attached hydrogens (tertiary/aromatic N) is 1. The normalized spacial score (nSPS) is 10.2. The molecule has 0 atom stereocenters. The van der Waals surface area contributed by atoms with Gasteiger partial charge in [-0.15, -0.1) is 12.4 Å². The number of nitrogens with one attached hydrogen (secondary N) is 2. The molecule has 2 N–H and O–H groups in total. The van der Waals surface area contributed by atoms with Crippen molar-refractivity contribution in [2.45, 2.75) is 33.2 Å². The van der Waals surface area contributed by atoms with Gasteiger partial charge in [0.05, 0.1) is 5.69 Å². The van der Waals surface area contributed by atoms with Gasteiger partial charge in [-0.05, 0) is 49.2 Å². The van der Waals surface area contributed by atoms with Crippen LogP contribution >= 0.6 is 24.0 Å². The smallest absolute Gasteiger partial charge is 0.229 e. The van der Waals surface area contributed by atoms with Crippen molar-refractivity contribution in [2.24, 2.45) is 0 Å². The van der Waals surface area contributed by atoms with Crippen LogP contribution in [-0.2, 0) is 17.8 Å². The molecule has 1 heterocycles. The van der Waals surface area contributed by atoms with E-state index in [1.807, 2.05) is 31.2 Å². The van der Waals surface area contributed by atoms with Crippen molar-refractivity contribution in [3.8, 4) is 0 Å². The lowest BCUT2D eigenvalue weighted by molar-refractivity contribution is -0.116. The number of halogens is 2. The quantitative estimate of drug-likeness (QED) is 0.791. The van der Waals surface area contributed by atoms with Gasteiger partial charge in [-0.1, -0.05) is 24.2 Å². The minimum Gasteiger partial charge on any atom is -0.344 e. The molecule has 0 aliphatic heterocycles. The maximum absolute atomic E-state index is 12.0. The zero-order valence-corrected chi connectivity index (χ0v) is 14.8. The highest BCUT2D eigenvalue weighted by Crippen LogP contribution is 2.20. The largest absolute Gasteiger partial charge is 0.344 e. The summed E-state index contributed by atoms with van der Waals surface area (Å²) in [7, 11) is 0. The second-order valence-corrected chi connectivity index (χ2v) is 5.39. The first-order valence-electron chi connectivity index (χ1n) is 7.30. The molecule has 0 fully saturated rings. The molecule has 0 unspecified atom stereocenters. The molecule has 2 aromatic rings. The van der Waals surface area contributed by atoms with Gasteiger partial charge in [-0.25, -0.2) is 0 Å². The molecule has 0 bridgehead atoms. The number of carbonyl (C=O) groups is 1. The summed E-state index contributed by atoms with van der Waals surface area (Å²) >= 11 is 5.89. The Morgan fingerprint density at radius 1 is 1.39 bits per heavy atom. The van der Waals surface area contributed by atoms with Crippen LogP contribution < -0.4 is 10.6 Å². The van der Waals surface area contributed by atoms with Gasteiger partial charge < -0.3 is 15.2 Å². The monoisotopic (exact) mass is 357 g/mol. The molecule has 0 aliphatic rings. The average molecular weight is 358 g/mol. The van der Waals surface area contributed by atoms with Crippen molar-refractivity contribution in [1.29, 1.82) is 0 Å². The molecule has 2 rings (SSSR count). The van der Waals surface area contributed by atoms with Gasteiger partial charge in [0.2, 0.25) is 11.1 Å². The molecule has 5 nitrogen and oxygen atoms in total. The van der Waals surface area contributed by atoms with Crippen LogP contribution in [-0.4, -0.2) is 17.6 Å². The standard InChI is InChI=1S/C16H20ClN3O2.ClH/c1-3-18-10-12-5-4-6-13(9-12)19-15(21)8-7-14-11(2)20-22-16(14)17;/h4-6,9,18H,3,7-8,10H2,1-2H3,(H,19,21);1H. The lowest BCUT2D eigenvalue weighted by Gasteiger charge is -2.08. The first-order valence-corrected chi connectivity index (χ1v) is 7.68. The molecule has 0 spiro atoms. The maximum Gasteiger partial charge on any atom is 0.229 e. The topological polar surface area (TPSA) is 67.2 Å². The number of aromatic nitrogens is 1. The van der Waals surface area contributed by atoms with Crippen molar-refractivity contribution in [3.05, 3.63) is 46.3 Å². The molecule has 1 amide bonds. The van der Waals surface area contributed by atoms with Gasteiger partial charge in [0.15, 0.2) is 0 Å². The van der Waals surface area contributed by atoms with Crippen molar-refractivity contribution < 1.29 is 9.32 Å². The average Bonchev–Trinajstić information content (AvgIpc) is 2.82. The zero-order chi connectivity index (χ0) is 15.9. The fourth-order valence-electron chi connectivity index (χ4n) is 2.13. The minimum absolute atomic E-state index is 0. The number of amides is 1. The summed E-state index contributed by atoms with van der Waals surface area (Å²) in [5, 5.41) is 10.2. The van der Waals surface area contributed by atoms with Crippen molar-refractivity contribution in [2.75, 3.05) is 11.9 Å². The first kappa shape index (κ1) is 19.5. The van der Waals surface area contributed by atoms with Crippen LogP contribution in [0, 0.1) is 6.92 Å². The second kappa shape index (κ2) is 9.55. The SMILES string of the molecule is CCNCc1cccc(NC(=O)CCc2c(C)noc2Cl)c1.Cl. The van der Waals surface area contributed by atoms with Crippen molar-refractivity contribution in [3.63, 3.8) is 0 Å². The van der Waals surface area contributed by atoms with Crippen LogP contribution in [0.15, 0.2) is 28.8 Å². The van der Waals surface area contributed by atoms with Gasteiger partial charge in [-0.2, -0.15) is 0 Å². The number of hydrogen-bond donors (Lipinski definition) is 2. The van der Waals surface area contributed by atoms with E-state index in [9.17, 15) is 4.79 Å². The Hall–Kier alpha value is -1.56. The van der Waals surface area contributed by atoms with E-state index in [2.05, 4.69) is 22.7 Å². The predicted molar refractivity (Wildman–Crippen MR) is 94.3 cm³/mol. The number of rotatable bonds is 7. The van der Waals surface area contributed by atoms with E-state index in [1.54, 1.807) is 0 Å². The fourth-order valence-corrected chi connectivity index (χ4v) is 2.40. The highest BCUT2D eigenvalue weighted by atomic mass is 35.5. The van der Waals surface area contributed by atoms with E-state index >= 15 is 0 Å². The molecule has 23 heavy (non-hydrogen) atoms. The molecule has 0 aliphatic carbocycles. The highest BCUT2D eigenvalue weighted by molar-refractivity contribution is 6.29. The lowest BCUT2D eigenvalue weighted by atomic mass is 10.1. The van der Waals surface area contributed by atoms with Crippen molar-refractivity contribution >= 4 is 35.6 Å². The molecular formula is C16H21Cl2N3O2. The van der Waals surface area contributed by atoms with Crippen LogP contribution in [0.25, 0.3) is 0 Å². The summed E-state index contributed by atoms with van der Waals surface area (Å²) < 4.78 is 4.88. The molecular weight excluding hydrogens is 337 g/mol. The molecule has 1 aromatic heterocycles. The number of carbonyl (C=O) groups excluding carboxylic acids is 1. The first-order chi connectivity index (χ1) is 10.6. The Balaban J connectivity index is 0.00000264. The number of anilines is 1. The summed E-state index contributed by atoms with van der Waals surface area (Å²) in [4.78, 5) is 12.0. The summed E-state index contributed by atoms with van der Waals surface area (Å²) in [5.74, 6) is -0.0581. The third-order valence-electron chi connectivity index (χ3n) is 3.33. The summed E-state index contributed by atoms with van der Waals surface area (Å²) in [6, 6.07) is 7.81. The Morgan fingerprint density at radius 2 is 2.17 bits per heavy atom. The van der Waals surface area contributed by atoms with Crippen LogP contribution in [0.1, 0.15) is 30.2 Å². The predicted octanol–water partition coefficient (Wildman–Crippen LogP) is 3.74. The summed E-state index contributed by atoms with van der Waals surface area (Å²) in [5.41, 5.74) is 3.45. The van der Waals surface area contributed by atoms with Gasteiger partial charge in [0, 0.05) is 24.2 Å². The highest BCUT2D eigenvalue weighted by Gasteiger charge is 2.12.